The molecule has 1 aliphatic heterocycles. The molecule has 0 spiro atoms. The van der Waals surface area contributed by atoms with E-state index in [0.717, 1.165) is 0 Å². The van der Waals surface area contributed by atoms with Crippen molar-refractivity contribution in [1.29, 1.82) is 5.26 Å². The summed E-state index contributed by atoms with van der Waals surface area (Å²) >= 11 is 0. The second-order valence-electron chi connectivity index (χ2n) is 7.63. The Morgan fingerprint density at radius 3 is 2.09 bits per heavy atom. The van der Waals surface area contributed by atoms with Gasteiger partial charge in [-0.3, -0.25) is 0 Å². The number of nitriles is 1. The number of allylic oxidation sites excluding steroid dienone is 1. The van der Waals surface area contributed by atoms with Crippen LogP contribution in [0.25, 0.3) is 0 Å². The molecule has 0 aliphatic carbocycles. The standard InChI is InChI=1S/C17H26N2O4/c1-16(2,3)22-14(20)11(10-18)12-8-9-13(19(12)7)15(21)23-17(4,5)6/h13H,8-9H2,1-7H3/b12-11-. The molecule has 1 fully saturated rings. The topological polar surface area (TPSA) is 79.6 Å². The maximum Gasteiger partial charge on any atom is 0.351 e. The van der Waals surface area contributed by atoms with Crippen LogP contribution in [0.1, 0.15) is 54.4 Å². The van der Waals surface area contributed by atoms with Crippen molar-refractivity contribution in [3.05, 3.63) is 11.3 Å². The first-order valence-corrected chi connectivity index (χ1v) is 7.68. The third-order valence-corrected chi connectivity index (χ3v) is 3.23. The quantitative estimate of drug-likeness (QED) is 0.441. The summed E-state index contributed by atoms with van der Waals surface area (Å²) in [5, 5.41) is 9.33. The predicted molar refractivity (Wildman–Crippen MR) is 85.1 cm³/mol. The van der Waals surface area contributed by atoms with E-state index in [4.69, 9.17) is 9.47 Å². The fourth-order valence-electron chi connectivity index (χ4n) is 2.34. The third kappa shape index (κ3) is 5.27. The maximum absolute atomic E-state index is 12.2. The average Bonchev–Trinajstić information content (AvgIpc) is 2.68. The lowest BCUT2D eigenvalue weighted by atomic mass is 10.1. The Hall–Kier alpha value is -2.03. The summed E-state index contributed by atoms with van der Waals surface area (Å²) in [5.41, 5.74) is -0.777. The molecule has 6 nitrogen and oxygen atoms in total. The van der Waals surface area contributed by atoms with Crippen LogP contribution in [0, 0.1) is 11.3 Å². The van der Waals surface area contributed by atoms with E-state index in [1.54, 1.807) is 53.5 Å². The van der Waals surface area contributed by atoms with E-state index in [0.29, 0.717) is 18.5 Å². The van der Waals surface area contributed by atoms with Gasteiger partial charge in [-0.15, -0.1) is 0 Å². The number of likely N-dealkylation sites (N-methyl/N-ethyl adjacent to an activating group) is 1. The number of ether oxygens (including phenoxy) is 2. The van der Waals surface area contributed by atoms with Crippen LogP contribution in [0.15, 0.2) is 11.3 Å². The van der Waals surface area contributed by atoms with E-state index in [1.165, 1.54) is 0 Å². The lowest BCUT2D eigenvalue weighted by molar-refractivity contribution is -0.159. The van der Waals surface area contributed by atoms with Gasteiger partial charge in [0, 0.05) is 12.7 Å². The van der Waals surface area contributed by atoms with Crippen LogP contribution in [-0.4, -0.2) is 41.1 Å². The lowest BCUT2D eigenvalue weighted by Gasteiger charge is -2.27. The Morgan fingerprint density at radius 1 is 1.13 bits per heavy atom. The van der Waals surface area contributed by atoms with E-state index >= 15 is 0 Å². The Labute approximate surface area is 138 Å². The number of likely N-dealkylation sites (tertiary alicyclic amines) is 1. The summed E-state index contributed by atoms with van der Waals surface area (Å²) in [7, 11) is 1.69. The minimum absolute atomic E-state index is 0.0477. The molecule has 0 aromatic rings. The molecular weight excluding hydrogens is 296 g/mol. The maximum atomic E-state index is 12.2. The first kappa shape index (κ1) is 19.0. The Bertz CT molecular complexity index is 559. The van der Waals surface area contributed by atoms with Gasteiger partial charge in [0.2, 0.25) is 0 Å². The molecule has 0 saturated carbocycles. The number of esters is 2. The summed E-state index contributed by atoms with van der Waals surface area (Å²) in [5.74, 6) is -1.01. The van der Waals surface area contributed by atoms with E-state index in [9.17, 15) is 14.9 Å². The van der Waals surface area contributed by atoms with Gasteiger partial charge >= 0.3 is 11.9 Å². The van der Waals surface area contributed by atoms with Gasteiger partial charge in [-0.05, 0) is 54.4 Å². The Balaban J connectivity index is 2.99. The highest BCUT2D eigenvalue weighted by Gasteiger charge is 2.37. The van der Waals surface area contributed by atoms with Crippen LogP contribution in [-0.2, 0) is 19.1 Å². The molecule has 1 unspecified atom stereocenters. The summed E-state index contributed by atoms with van der Waals surface area (Å²) in [6.45, 7) is 10.6. The van der Waals surface area contributed by atoms with Crippen LogP contribution in [0.4, 0.5) is 0 Å². The van der Waals surface area contributed by atoms with Gasteiger partial charge in [-0.1, -0.05) is 0 Å². The van der Waals surface area contributed by atoms with Crippen molar-refractivity contribution in [3.8, 4) is 6.07 Å². The van der Waals surface area contributed by atoms with Gasteiger partial charge in [0.1, 0.15) is 23.3 Å². The first-order chi connectivity index (χ1) is 10.4. The van der Waals surface area contributed by atoms with Crippen LogP contribution in [0.5, 0.6) is 0 Å². The predicted octanol–water partition coefficient (Wildman–Crippen LogP) is 2.54. The molecule has 1 heterocycles. The SMILES string of the molecule is CN1/C(=C(/C#N)C(=O)OC(C)(C)C)CCC1C(=O)OC(C)(C)C. The molecule has 1 aliphatic rings. The van der Waals surface area contributed by atoms with Gasteiger partial charge in [0.05, 0.1) is 0 Å². The zero-order valence-corrected chi connectivity index (χ0v) is 15.0. The molecule has 1 saturated heterocycles. The molecule has 128 valence electrons. The molecule has 0 amide bonds. The first-order valence-electron chi connectivity index (χ1n) is 7.68. The zero-order chi connectivity index (χ0) is 18.0. The third-order valence-electron chi connectivity index (χ3n) is 3.23. The van der Waals surface area contributed by atoms with Crippen molar-refractivity contribution in [1.82, 2.24) is 4.90 Å². The Morgan fingerprint density at radius 2 is 1.65 bits per heavy atom. The fraction of sp³-hybridized carbons (Fsp3) is 0.706. The summed E-state index contributed by atoms with van der Waals surface area (Å²) in [4.78, 5) is 26.1. The average molecular weight is 322 g/mol. The van der Waals surface area contributed by atoms with Gasteiger partial charge in [0.25, 0.3) is 0 Å². The largest absolute Gasteiger partial charge is 0.458 e. The minimum Gasteiger partial charge on any atom is -0.458 e. The second kappa shape index (κ2) is 6.61. The normalized spacial score (nSPS) is 20.8. The molecule has 0 aromatic heterocycles. The summed E-state index contributed by atoms with van der Waals surface area (Å²) in [6, 6.07) is 1.43. The van der Waals surface area contributed by atoms with E-state index in [2.05, 4.69) is 0 Å². The van der Waals surface area contributed by atoms with Crippen molar-refractivity contribution in [2.45, 2.75) is 71.6 Å². The molecule has 23 heavy (non-hydrogen) atoms. The minimum atomic E-state index is -0.679. The number of rotatable bonds is 2. The molecule has 1 atom stereocenters. The number of carbonyl (C=O) groups excluding carboxylic acids is 2. The van der Waals surface area contributed by atoms with Crippen LogP contribution >= 0.6 is 0 Å². The van der Waals surface area contributed by atoms with Crippen LogP contribution in [0.3, 0.4) is 0 Å². The van der Waals surface area contributed by atoms with Crippen molar-refractivity contribution in [2.24, 2.45) is 0 Å². The molecule has 0 N–H and O–H groups in total. The van der Waals surface area contributed by atoms with Crippen LogP contribution in [0.2, 0.25) is 0 Å². The van der Waals surface area contributed by atoms with Gasteiger partial charge in [0.15, 0.2) is 5.57 Å². The number of hydrogen-bond acceptors (Lipinski definition) is 6. The van der Waals surface area contributed by atoms with Crippen molar-refractivity contribution in [2.75, 3.05) is 7.05 Å². The van der Waals surface area contributed by atoms with E-state index in [1.807, 2.05) is 6.07 Å². The summed E-state index contributed by atoms with van der Waals surface area (Å²) < 4.78 is 10.7. The molecule has 0 radical (unpaired) electrons. The molecule has 0 aromatic carbocycles. The lowest BCUT2D eigenvalue weighted by Crippen LogP contribution is -2.38. The van der Waals surface area contributed by atoms with E-state index < -0.39 is 23.2 Å². The number of carbonyl (C=O) groups is 2. The van der Waals surface area contributed by atoms with Crippen molar-refractivity contribution in [3.63, 3.8) is 0 Å². The molecule has 0 bridgehead atoms. The van der Waals surface area contributed by atoms with Gasteiger partial charge in [-0.2, -0.15) is 5.26 Å². The highest BCUT2D eigenvalue weighted by atomic mass is 16.6. The molecule has 1 rings (SSSR count). The zero-order valence-electron chi connectivity index (χ0n) is 15.0. The second-order valence-corrected chi connectivity index (χ2v) is 7.63. The Kier molecular flexibility index (Phi) is 5.47. The number of nitrogens with zero attached hydrogens (tertiary/aromatic N) is 2. The number of hydrogen-bond donors (Lipinski definition) is 0. The monoisotopic (exact) mass is 322 g/mol. The van der Waals surface area contributed by atoms with Gasteiger partial charge in [-0.25, -0.2) is 9.59 Å². The smallest absolute Gasteiger partial charge is 0.351 e. The van der Waals surface area contributed by atoms with E-state index in [-0.39, 0.29) is 11.5 Å². The highest BCUT2D eigenvalue weighted by Crippen LogP contribution is 2.30. The van der Waals surface area contributed by atoms with Crippen molar-refractivity contribution >= 4 is 11.9 Å². The van der Waals surface area contributed by atoms with Gasteiger partial charge < -0.3 is 14.4 Å². The highest BCUT2D eigenvalue weighted by molar-refractivity contribution is 5.94. The fourth-order valence-corrected chi connectivity index (χ4v) is 2.34. The van der Waals surface area contributed by atoms with Crippen molar-refractivity contribution < 1.29 is 19.1 Å². The molecular formula is C17H26N2O4. The van der Waals surface area contributed by atoms with Crippen LogP contribution < -0.4 is 0 Å². The summed E-state index contributed by atoms with van der Waals surface area (Å²) in [6.07, 6.45) is 0.970. The molecule has 6 heteroatoms.